The minimum Gasteiger partial charge on any atom is -0.368 e. The molecule has 0 amide bonds. The molecule has 15 heavy (non-hydrogen) atoms. The van der Waals surface area contributed by atoms with Crippen LogP contribution in [0.15, 0.2) is 30.3 Å². The lowest BCUT2D eigenvalue weighted by molar-refractivity contribution is -0.546. The third kappa shape index (κ3) is 2.83. The maximum absolute atomic E-state index is 5.35. The third-order valence-corrected chi connectivity index (χ3v) is 3.95. The average molecular weight is 287 g/mol. The van der Waals surface area contributed by atoms with E-state index < -0.39 is 0 Å². The van der Waals surface area contributed by atoms with Gasteiger partial charge in [-0.1, -0.05) is 18.2 Å². The monoisotopic (exact) mass is 286 g/mol. The molecule has 4 heteroatoms. The lowest BCUT2D eigenvalue weighted by Gasteiger charge is -2.13. The van der Waals surface area contributed by atoms with Gasteiger partial charge in [0.1, 0.15) is 13.2 Å². The van der Waals surface area contributed by atoms with Gasteiger partial charge in [0.15, 0.2) is 13.1 Å². The van der Waals surface area contributed by atoms with E-state index in [1.165, 1.54) is 10.6 Å². The molecule has 2 nitrogen and oxygen atoms in total. The van der Waals surface area contributed by atoms with Crippen molar-refractivity contribution >= 4 is 30.1 Å². The molecule has 1 aliphatic heterocycles. The molecular weight excluding hydrogens is 274 g/mol. The second-order valence-electron chi connectivity index (χ2n) is 3.35. The summed E-state index contributed by atoms with van der Waals surface area (Å²) in [6, 6.07) is 10.5. The topological polar surface area (TPSA) is 12.2 Å². The van der Waals surface area contributed by atoms with Crippen molar-refractivity contribution in [3.8, 4) is 0 Å². The Morgan fingerprint density at radius 3 is 2.47 bits per heavy atom. The van der Waals surface area contributed by atoms with Crippen LogP contribution in [0.4, 0.5) is 0 Å². The maximum Gasteiger partial charge on any atom is 0.253 e. The van der Waals surface area contributed by atoms with Gasteiger partial charge < -0.3 is 4.74 Å². The van der Waals surface area contributed by atoms with E-state index in [0.29, 0.717) is 0 Å². The Bertz CT molecular complexity index is 345. The zero-order chi connectivity index (χ0) is 10.5. The quantitative estimate of drug-likeness (QED) is 0.581. The van der Waals surface area contributed by atoms with Crippen LogP contribution in [0, 0.1) is 0 Å². The summed E-state index contributed by atoms with van der Waals surface area (Å²) >= 11 is 3.49. The molecule has 0 bridgehead atoms. The van der Waals surface area contributed by atoms with Gasteiger partial charge >= 0.3 is 0 Å². The molecule has 0 unspecified atom stereocenters. The summed E-state index contributed by atoms with van der Waals surface area (Å²) in [6.07, 6.45) is 0. The van der Waals surface area contributed by atoms with Gasteiger partial charge in [0.2, 0.25) is 0 Å². The Labute approximate surface area is 102 Å². The van der Waals surface area contributed by atoms with Gasteiger partial charge in [0, 0.05) is 25.0 Å². The van der Waals surface area contributed by atoms with E-state index in [0.717, 1.165) is 26.3 Å². The second kappa shape index (κ2) is 5.68. The van der Waals surface area contributed by atoms with Gasteiger partial charge in [-0.25, -0.2) is 4.58 Å². The minimum absolute atomic E-state index is 0.823. The van der Waals surface area contributed by atoms with Gasteiger partial charge in [0.05, 0.1) is 5.56 Å². The molecule has 0 radical (unpaired) electrons. The number of hydrogen-bond donors (Lipinski definition) is 0. The predicted molar refractivity (Wildman–Crippen MR) is 67.9 cm³/mol. The first-order valence-electron chi connectivity index (χ1n) is 4.95. The highest BCUT2D eigenvalue weighted by molar-refractivity contribution is 9.52. The Morgan fingerprint density at radius 2 is 1.87 bits per heavy atom. The van der Waals surface area contributed by atoms with E-state index in [9.17, 15) is 0 Å². The predicted octanol–water partition coefficient (Wildman–Crippen LogP) is 2.52. The van der Waals surface area contributed by atoms with Gasteiger partial charge in [-0.05, 0) is 12.1 Å². The van der Waals surface area contributed by atoms with Crippen molar-refractivity contribution in [2.24, 2.45) is 0 Å². The molecule has 0 spiro atoms. The first-order chi connectivity index (χ1) is 7.42. The van der Waals surface area contributed by atoms with Gasteiger partial charge in [-0.2, -0.15) is 0 Å². The lowest BCUT2D eigenvalue weighted by atomic mass is 10.2. The molecule has 1 saturated heterocycles. The highest BCUT2D eigenvalue weighted by Gasteiger charge is 2.19. The zero-order valence-electron chi connectivity index (χ0n) is 8.36. The maximum atomic E-state index is 5.35. The third-order valence-electron chi connectivity index (χ3n) is 2.39. The molecule has 1 aromatic rings. The summed E-state index contributed by atoms with van der Waals surface area (Å²) < 4.78 is 7.71. The number of ether oxygens (including phenoxy) is 1. The van der Waals surface area contributed by atoms with Crippen molar-refractivity contribution in [1.82, 2.24) is 0 Å². The Kier molecular flexibility index (Phi) is 4.23. The number of rotatable bonds is 1. The Morgan fingerprint density at radius 1 is 1.20 bits per heavy atom. The van der Waals surface area contributed by atoms with Crippen molar-refractivity contribution in [2.45, 2.75) is 0 Å². The van der Waals surface area contributed by atoms with Crippen LogP contribution >= 0.6 is 25.0 Å². The van der Waals surface area contributed by atoms with Crippen LogP contribution in [0.5, 0.6) is 0 Å². The number of benzene rings is 1. The zero-order valence-corrected chi connectivity index (χ0v) is 10.8. The molecule has 1 fully saturated rings. The smallest absolute Gasteiger partial charge is 0.253 e. The molecule has 0 saturated carbocycles. The van der Waals surface area contributed by atoms with Crippen molar-refractivity contribution in [3.63, 3.8) is 0 Å². The number of hydrogen-bond acceptors (Lipinski definition) is 2. The van der Waals surface area contributed by atoms with Crippen molar-refractivity contribution in [2.75, 3.05) is 26.3 Å². The Balaban J connectivity index is 2.30. The molecule has 0 aromatic heterocycles. The van der Waals surface area contributed by atoms with E-state index in [1.54, 1.807) is 10.2 Å². The molecular formula is C11H13BrNOS+. The summed E-state index contributed by atoms with van der Waals surface area (Å²) in [5.41, 5.74) is 1.27. The van der Waals surface area contributed by atoms with Crippen molar-refractivity contribution in [3.05, 3.63) is 35.9 Å². The molecule has 80 valence electrons. The molecule has 0 atom stereocenters. The van der Waals surface area contributed by atoms with Crippen LogP contribution in [-0.2, 0) is 4.74 Å². The summed E-state index contributed by atoms with van der Waals surface area (Å²) in [6.45, 7) is 3.60. The van der Waals surface area contributed by atoms with Crippen LogP contribution in [0.1, 0.15) is 5.56 Å². The fraction of sp³-hybridized carbons (Fsp3) is 0.364. The van der Waals surface area contributed by atoms with Crippen molar-refractivity contribution < 1.29 is 9.31 Å². The van der Waals surface area contributed by atoms with E-state index in [1.807, 2.05) is 6.07 Å². The Hall–Kier alpha value is -0.320. The number of morpholine rings is 1. The van der Waals surface area contributed by atoms with E-state index in [2.05, 4.69) is 43.7 Å². The van der Waals surface area contributed by atoms with Crippen LogP contribution in [-0.4, -0.2) is 35.9 Å². The van der Waals surface area contributed by atoms with Crippen LogP contribution in [0.3, 0.4) is 0 Å². The van der Waals surface area contributed by atoms with E-state index >= 15 is 0 Å². The molecule has 0 N–H and O–H groups in total. The van der Waals surface area contributed by atoms with Crippen LogP contribution in [0.2, 0.25) is 0 Å². The first-order valence-corrected chi connectivity index (χ1v) is 7.61. The first kappa shape index (κ1) is 11.2. The van der Waals surface area contributed by atoms with Gasteiger partial charge in [-0.3, -0.25) is 0 Å². The lowest BCUT2D eigenvalue weighted by Crippen LogP contribution is -2.32. The SMILES string of the molecule is BrSC(c1ccccc1)=[N+]1CCOCC1. The highest BCUT2D eigenvalue weighted by Crippen LogP contribution is 2.19. The molecule has 1 aromatic carbocycles. The standard InChI is InChI=1S/C11H13BrNOS/c12-15-11(10-4-2-1-3-5-10)13-6-8-14-9-7-13/h1-5H,6-9H2/q+1. The normalized spacial score (nSPS) is 16.5. The minimum atomic E-state index is 0.823. The largest absolute Gasteiger partial charge is 0.368 e. The van der Waals surface area contributed by atoms with Crippen molar-refractivity contribution in [1.29, 1.82) is 0 Å². The molecule has 1 heterocycles. The molecule has 1 aliphatic rings. The fourth-order valence-electron chi connectivity index (χ4n) is 1.62. The second-order valence-corrected chi connectivity index (χ2v) is 4.86. The molecule has 0 aliphatic carbocycles. The van der Waals surface area contributed by atoms with Crippen LogP contribution in [0.25, 0.3) is 0 Å². The number of halogens is 1. The average Bonchev–Trinajstić information content (AvgIpc) is 2.33. The fourth-order valence-corrected chi connectivity index (χ4v) is 3.30. The molecule has 2 rings (SSSR count). The highest BCUT2D eigenvalue weighted by atomic mass is 79.9. The summed E-state index contributed by atoms with van der Waals surface area (Å²) in [4.78, 5) is 0. The van der Waals surface area contributed by atoms with E-state index in [4.69, 9.17) is 4.74 Å². The van der Waals surface area contributed by atoms with Gasteiger partial charge in [0.25, 0.3) is 5.04 Å². The summed E-state index contributed by atoms with van der Waals surface area (Å²) in [7, 11) is 1.63. The summed E-state index contributed by atoms with van der Waals surface area (Å²) in [5.74, 6) is 0. The number of nitrogens with zero attached hydrogens (tertiary/aromatic N) is 1. The summed E-state index contributed by atoms with van der Waals surface area (Å²) in [5, 5.41) is 1.28. The van der Waals surface area contributed by atoms with Gasteiger partial charge in [-0.15, -0.1) is 0 Å². The van der Waals surface area contributed by atoms with Crippen LogP contribution < -0.4 is 0 Å². The van der Waals surface area contributed by atoms with E-state index in [-0.39, 0.29) is 0 Å².